The predicted molar refractivity (Wildman–Crippen MR) is 99.3 cm³/mol. The highest BCUT2D eigenvalue weighted by Crippen LogP contribution is 2.26. The van der Waals surface area contributed by atoms with Crippen molar-refractivity contribution in [2.45, 2.75) is 25.0 Å². The molecule has 2 aromatic rings. The van der Waals surface area contributed by atoms with E-state index in [1.807, 2.05) is 25.9 Å². The van der Waals surface area contributed by atoms with E-state index in [9.17, 15) is 14.0 Å². The number of carbonyl (C=O) groups is 2. The van der Waals surface area contributed by atoms with Crippen LogP contribution < -0.4 is 5.32 Å². The Labute approximate surface area is 161 Å². The molecule has 0 aliphatic heterocycles. The Bertz CT molecular complexity index is 794. The van der Waals surface area contributed by atoms with Gasteiger partial charge in [0.25, 0.3) is 0 Å². The zero-order valence-corrected chi connectivity index (χ0v) is 16.4. The third-order valence-electron chi connectivity index (χ3n) is 3.74. The van der Waals surface area contributed by atoms with Crippen LogP contribution in [0.15, 0.2) is 29.4 Å². The molecular formula is C17H22FN5O3S. The van der Waals surface area contributed by atoms with E-state index in [0.717, 1.165) is 11.8 Å². The highest BCUT2D eigenvalue weighted by molar-refractivity contribution is 7.99. The van der Waals surface area contributed by atoms with Crippen LogP contribution in [-0.4, -0.2) is 58.1 Å². The van der Waals surface area contributed by atoms with Gasteiger partial charge < -0.3 is 4.74 Å². The number of nitrogens with zero attached hydrogens (tertiary/aromatic N) is 4. The molecule has 0 aliphatic carbocycles. The number of aromatic nitrogens is 3. The average molecular weight is 395 g/mol. The second kappa shape index (κ2) is 9.47. The van der Waals surface area contributed by atoms with Gasteiger partial charge in [0.15, 0.2) is 11.0 Å². The second-order valence-corrected chi connectivity index (χ2v) is 6.79. The first-order valence-corrected chi connectivity index (χ1v) is 9.29. The summed E-state index contributed by atoms with van der Waals surface area (Å²) in [5.74, 6) is -0.250. The van der Waals surface area contributed by atoms with Crippen molar-refractivity contribution in [1.82, 2.24) is 25.0 Å². The number of ether oxygens (including phenoxy) is 1. The molecule has 0 unspecified atom stereocenters. The summed E-state index contributed by atoms with van der Waals surface area (Å²) in [6.45, 7) is 3.79. The lowest BCUT2D eigenvalue weighted by Gasteiger charge is -2.20. The Kier molecular flexibility index (Phi) is 7.31. The van der Waals surface area contributed by atoms with Crippen molar-refractivity contribution in [3.63, 3.8) is 0 Å². The molecule has 27 heavy (non-hydrogen) atoms. The van der Waals surface area contributed by atoms with Gasteiger partial charge in [0, 0.05) is 5.69 Å². The highest BCUT2D eigenvalue weighted by atomic mass is 32.2. The van der Waals surface area contributed by atoms with Crippen LogP contribution in [0.4, 0.5) is 9.18 Å². The van der Waals surface area contributed by atoms with Gasteiger partial charge in [-0.25, -0.2) is 9.18 Å². The quantitative estimate of drug-likeness (QED) is 0.720. The van der Waals surface area contributed by atoms with Gasteiger partial charge in [0.05, 0.1) is 18.4 Å². The highest BCUT2D eigenvalue weighted by Gasteiger charge is 2.22. The van der Waals surface area contributed by atoms with Crippen LogP contribution in [-0.2, 0) is 9.53 Å². The number of nitrogens with one attached hydrogen (secondary N) is 1. The minimum Gasteiger partial charge on any atom is -0.450 e. The normalized spacial score (nSPS) is 12.1. The van der Waals surface area contributed by atoms with Crippen molar-refractivity contribution >= 4 is 23.8 Å². The van der Waals surface area contributed by atoms with Crippen molar-refractivity contribution < 1.29 is 18.7 Å². The summed E-state index contributed by atoms with van der Waals surface area (Å²) in [7, 11) is 3.82. The minimum atomic E-state index is -0.787. The zero-order valence-electron chi connectivity index (χ0n) is 15.6. The number of alkyl carbamates (subject to hydrolysis) is 1. The average Bonchev–Trinajstić information content (AvgIpc) is 3.03. The summed E-state index contributed by atoms with van der Waals surface area (Å²) in [4.78, 5) is 25.2. The van der Waals surface area contributed by atoms with Gasteiger partial charge in [-0.2, -0.15) is 0 Å². The second-order valence-electron chi connectivity index (χ2n) is 5.85. The van der Waals surface area contributed by atoms with Crippen LogP contribution in [0.3, 0.4) is 0 Å². The maximum atomic E-state index is 13.3. The third kappa shape index (κ3) is 5.51. The summed E-state index contributed by atoms with van der Waals surface area (Å²) >= 11 is 1.12. The Morgan fingerprint density at radius 1 is 1.30 bits per heavy atom. The topological polar surface area (TPSA) is 89.3 Å². The minimum absolute atomic E-state index is 0.0471. The third-order valence-corrected chi connectivity index (χ3v) is 4.67. The van der Waals surface area contributed by atoms with E-state index in [0.29, 0.717) is 16.7 Å². The number of imide groups is 1. The van der Waals surface area contributed by atoms with E-state index in [-0.39, 0.29) is 24.2 Å². The number of hydrogen-bond donors (Lipinski definition) is 1. The van der Waals surface area contributed by atoms with Gasteiger partial charge in [0.1, 0.15) is 5.82 Å². The number of benzene rings is 1. The first-order chi connectivity index (χ1) is 12.8. The van der Waals surface area contributed by atoms with Gasteiger partial charge in [-0.3, -0.25) is 19.6 Å². The molecule has 0 saturated heterocycles. The summed E-state index contributed by atoms with van der Waals surface area (Å²) in [5.41, 5.74) is 0.679. The predicted octanol–water partition coefficient (Wildman–Crippen LogP) is 2.39. The van der Waals surface area contributed by atoms with Crippen LogP contribution in [0.5, 0.6) is 0 Å². The molecule has 0 spiro atoms. The van der Waals surface area contributed by atoms with E-state index >= 15 is 0 Å². The summed E-state index contributed by atoms with van der Waals surface area (Å²) in [6.07, 6.45) is -0.787. The van der Waals surface area contributed by atoms with Gasteiger partial charge in [0.2, 0.25) is 5.91 Å². The van der Waals surface area contributed by atoms with Crippen LogP contribution in [0, 0.1) is 5.82 Å². The summed E-state index contributed by atoms with van der Waals surface area (Å²) < 4.78 is 19.8. The molecule has 0 bridgehead atoms. The molecule has 0 saturated carbocycles. The van der Waals surface area contributed by atoms with Gasteiger partial charge >= 0.3 is 6.09 Å². The maximum absolute atomic E-state index is 13.3. The molecule has 1 aromatic heterocycles. The Balaban J connectivity index is 2.24. The number of carbonyl (C=O) groups excluding carboxylic acids is 2. The van der Waals surface area contributed by atoms with Crippen LogP contribution in [0.1, 0.15) is 25.7 Å². The molecule has 0 radical (unpaired) electrons. The lowest BCUT2D eigenvalue weighted by molar-refractivity contribution is -0.117. The first-order valence-electron chi connectivity index (χ1n) is 8.30. The molecule has 10 heteroatoms. The van der Waals surface area contributed by atoms with E-state index in [2.05, 4.69) is 20.3 Å². The molecule has 1 heterocycles. The molecule has 2 amide bonds. The Morgan fingerprint density at radius 3 is 2.56 bits per heavy atom. The molecule has 8 nitrogen and oxygen atoms in total. The molecule has 1 atom stereocenters. The molecule has 1 aromatic carbocycles. The van der Waals surface area contributed by atoms with Crippen LogP contribution in [0.25, 0.3) is 5.69 Å². The summed E-state index contributed by atoms with van der Waals surface area (Å²) in [6, 6.07) is 5.87. The van der Waals surface area contributed by atoms with Crippen molar-refractivity contribution in [2.24, 2.45) is 0 Å². The molecular weight excluding hydrogens is 373 g/mol. The number of amides is 2. The SMILES string of the molecule is CCOC(=O)NC(=O)CSc1nnc([C@H](C)N(C)C)n1-c1ccc(F)cc1. The zero-order chi connectivity index (χ0) is 20.0. The molecule has 1 N–H and O–H groups in total. The first kappa shape index (κ1) is 20.8. The number of rotatable bonds is 7. The lowest BCUT2D eigenvalue weighted by atomic mass is 10.2. The number of thioether (sulfide) groups is 1. The molecule has 0 aliphatic rings. The largest absolute Gasteiger partial charge is 0.450 e. The van der Waals surface area contributed by atoms with Gasteiger partial charge in [-0.15, -0.1) is 10.2 Å². The maximum Gasteiger partial charge on any atom is 0.413 e. The fraction of sp³-hybridized carbons (Fsp3) is 0.412. The lowest BCUT2D eigenvalue weighted by Crippen LogP contribution is -2.32. The van der Waals surface area contributed by atoms with Crippen LogP contribution >= 0.6 is 11.8 Å². The van der Waals surface area contributed by atoms with Gasteiger partial charge in [-0.1, -0.05) is 11.8 Å². The van der Waals surface area contributed by atoms with Gasteiger partial charge in [-0.05, 0) is 52.2 Å². The fourth-order valence-corrected chi connectivity index (χ4v) is 2.92. The number of hydrogen-bond acceptors (Lipinski definition) is 7. The van der Waals surface area contributed by atoms with E-state index in [1.165, 1.54) is 12.1 Å². The smallest absolute Gasteiger partial charge is 0.413 e. The monoisotopic (exact) mass is 395 g/mol. The van der Waals surface area contributed by atoms with Crippen molar-refractivity contribution in [3.8, 4) is 5.69 Å². The number of halogens is 1. The van der Waals surface area contributed by atoms with Crippen molar-refractivity contribution in [3.05, 3.63) is 35.9 Å². The summed E-state index contributed by atoms with van der Waals surface area (Å²) in [5, 5.41) is 11.0. The van der Waals surface area contributed by atoms with Crippen molar-refractivity contribution in [2.75, 3.05) is 26.5 Å². The molecule has 2 rings (SSSR count). The van der Waals surface area contributed by atoms with E-state index in [1.54, 1.807) is 23.6 Å². The Morgan fingerprint density at radius 2 is 1.96 bits per heavy atom. The Hall–Kier alpha value is -2.46. The standard InChI is InChI=1S/C17H22FN5O3S/c1-5-26-17(25)19-14(24)10-27-16-21-20-15(11(2)22(3)4)23(16)13-8-6-12(18)7-9-13/h6-9,11H,5,10H2,1-4H3,(H,19,24,25)/t11-/m0/s1. The van der Waals surface area contributed by atoms with Crippen molar-refractivity contribution in [1.29, 1.82) is 0 Å². The molecule has 146 valence electrons. The van der Waals surface area contributed by atoms with Crippen LogP contribution in [0.2, 0.25) is 0 Å². The van der Waals surface area contributed by atoms with E-state index < -0.39 is 12.0 Å². The van der Waals surface area contributed by atoms with E-state index in [4.69, 9.17) is 0 Å². The fourth-order valence-electron chi connectivity index (χ4n) is 2.16. The molecule has 0 fully saturated rings.